The van der Waals surface area contributed by atoms with Crippen molar-refractivity contribution in [3.8, 4) is 11.4 Å². The molecule has 33 heavy (non-hydrogen) atoms. The number of para-hydroxylation sites is 2. The zero-order valence-electron chi connectivity index (χ0n) is 18.3. The van der Waals surface area contributed by atoms with Crippen LogP contribution in [-0.2, 0) is 0 Å². The van der Waals surface area contributed by atoms with Crippen molar-refractivity contribution in [1.29, 1.82) is 0 Å². The number of carbonyl (C=O) groups is 1. The molecular weight excluding hydrogens is 414 g/mol. The Kier molecular flexibility index (Phi) is 5.14. The van der Waals surface area contributed by atoms with E-state index in [1.807, 2.05) is 85.8 Å². The number of carbonyl (C=O) groups excluding carboxylic acids is 1. The first-order valence-corrected chi connectivity index (χ1v) is 10.6. The van der Waals surface area contributed by atoms with Crippen LogP contribution in [0.1, 0.15) is 28.9 Å². The van der Waals surface area contributed by atoms with E-state index >= 15 is 0 Å². The van der Waals surface area contributed by atoms with E-state index < -0.39 is 0 Å². The number of aromatic nitrogens is 3. The summed E-state index contributed by atoms with van der Waals surface area (Å²) >= 11 is 0. The molecule has 5 rings (SSSR count). The van der Waals surface area contributed by atoms with Crippen LogP contribution in [0.15, 0.2) is 78.9 Å². The first kappa shape index (κ1) is 20.5. The van der Waals surface area contributed by atoms with Crippen molar-refractivity contribution in [1.82, 2.24) is 19.9 Å². The Labute approximate surface area is 190 Å². The maximum absolute atomic E-state index is 13.5. The number of fused-ring (bicyclic) bond motifs is 2. The molecule has 3 N–H and O–H groups in total. The number of amides is 1. The zero-order valence-corrected chi connectivity index (χ0v) is 18.3. The van der Waals surface area contributed by atoms with Crippen LogP contribution in [0.4, 0.5) is 5.82 Å². The molecule has 1 atom stereocenters. The molecule has 2 heterocycles. The van der Waals surface area contributed by atoms with Gasteiger partial charge in [-0.05, 0) is 36.8 Å². The van der Waals surface area contributed by atoms with Gasteiger partial charge in [0, 0.05) is 6.07 Å². The molecule has 0 aliphatic heterocycles. The maximum Gasteiger partial charge on any atom is 0.257 e. The minimum Gasteiger partial charge on any atom is -0.497 e. The fourth-order valence-electron chi connectivity index (χ4n) is 3.99. The van der Waals surface area contributed by atoms with Crippen molar-refractivity contribution >= 4 is 33.9 Å². The van der Waals surface area contributed by atoms with E-state index in [4.69, 9.17) is 20.4 Å². The SMILES string of the molecule is COc1cccc(-n2c(N)c(C(=O)N[C@@H](C)c3ccccc3)c3nc4ccccc4nc32)c1. The van der Waals surface area contributed by atoms with E-state index in [1.54, 1.807) is 11.7 Å². The van der Waals surface area contributed by atoms with E-state index in [0.29, 0.717) is 28.0 Å². The molecule has 0 spiro atoms. The number of anilines is 1. The van der Waals surface area contributed by atoms with Crippen LogP contribution in [0.2, 0.25) is 0 Å². The second-order valence-corrected chi connectivity index (χ2v) is 7.79. The lowest BCUT2D eigenvalue weighted by molar-refractivity contribution is 0.0942. The molecular formula is C26H23N5O2. The Morgan fingerprint density at radius 1 is 0.970 bits per heavy atom. The van der Waals surface area contributed by atoms with Gasteiger partial charge in [0.2, 0.25) is 0 Å². The van der Waals surface area contributed by atoms with Crippen LogP contribution in [0, 0.1) is 0 Å². The molecule has 7 nitrogen and oxygen atoms in total. The molecule has 1 amide bonds. The maximum atomic E-state index is 13.5. The topological polar surface area (TPSA) is 95.1 Å². The third-order valence-electron chi connectivity index (χ3n) is 5.68. The average Bonchev–Trinajstić information content (AvgIpc) is 3.13. The van der Waals surface area contributed by atoms with E-state index in [0.717, 1.165) is 16.8 Å². The predicted molar refractivity (Wildman–Crippen MR) is 130 cm³/mol. The van der Waals surface area contributed by atoms with Gasteiger partial charge in [0.15, 0.2) is 5.65 Å². The van der Waals surface area contributed by atoms with E-state index in [9.17, 15) is 4.79 Å². The van der Waals surface area contributed by atoms with Gasteiger partial charge in [0.05, 0.1) is 29.9 Å². The molecule has 0 aliphatic carbocycles. The Balaban J connectivity index is 1.70. The Morgan fingerprint density at radius 3 is 2.39 bits per heavy atom. The quantitative estimate of drug-likeness (QED) is 0.417. The number of benzene rings is 3. The highest BCUT2D eigenvalue weighted by molar-refractivity contribution is 6.11. The molecule has 0 fully saturated rings. The molecule has 0 bridgehead atoms. The third-order valence-corrected chi connectivity index (χ3v) is 5.68. The van der Waals surface area contributed by atoms with Crippen molar-refractivity contribution in [3.05, 3.63) is 90.0 Å². The standard InChI is InChI=1S/C26H23N5O2/c1-16(17-9-4-3-5-10-17)28-26(32)22-23-25(30-21-14-7-6-13-20(21)29-23)31(24(22)27)18-11-8-12-19(15-18)33-2/h3-16H,27H2,1-2H3,(H,28,32)/t16-/m0/s1. The lowest BCUT2D eigenvalue weighted by Crippen LogP contribution is -2.27. The van der Waals surface area contributed by atoms with Crippen molar-refractivity contribution in [2.45, 2.75) is 13.0 Å². The molecule has 0 saturated carbocycles. The van der Waals surface area contributed by atoms with Crippen molar-refractivity contribution < 1.29 is 9.53 Å². The van der Waals surface area contributed by atoms with Gasteiger partial charge in [-0.3, -0.25) is 9.36 Å². The summed E-state index contributed by atoms with van der Waals surface area (Å²) in [4.78, 5) is 23.1. The van der Waals surface area contributed by atoms with Gasteiger partial charge in [0.25, 0.3) is 5.91 Å². The van der Waals surface area contributed by atoms with Crippen LogP contribution in [-0.4, -0.2) is 27.6 Å². The minimum absolute atomic E-state index is 0.207. The highest BCUT2D eigenvalue weighted by atomic mass is 16.5. The van der Waals surface area contributed by atoms with Gasteiger partial charge in [-0.25, -0.2) is 9.97 Å². The Bertz CT molecular complexity index is 1480. The number of methoxy groups -OCH3 is 1. The lowest BCUT2D eigenvalue weighted by Gasteiger charge is -2.14. The summed E-state index contributed by atoms with van der Waals surface area (Å²) in [6.45, 7) is 1.94. The normalized spacial score (nSPS) is 12.1. The molecule has 3 aromatic carbocycles. The summed E-state index contributed by atoms with van der Waals surface area (Å²) in [6.07, 6.45) is 0. The van der Waals surface area contributed by atoms with Crippen LogP contribution in [0.5, 0.6) is 5.75 Å². The van der Waals surface area contributed by atoms with Gasteiger partial charge in [-0.15, -0.1) is 0 Å². The monoisotopic (exact) mass is 437 g/mol. The van der Waals surface area contributed by atoms with Crippen molar-refractivity contribution in [2.75, 3.05) is 12.8 Å². The first-order valence-electron chi connectivity index (χ1n) is 10.6. The van der Waals surface area contributed by atoms with Crippen LogP contribution in [0.25, 0.3) is 27.9 Å². The largest absolute Gasteiger partial charge is 0.497 e. The van der Waals surface area contributed by atoms with Gasteiger partial charge in [-0.2, -0.15) is 0 Å². The van der Waals surface area contributed by atoms with Gasteiger partial charge in [0.1, 0.15) is 22.6 Å². The summed E-state index contributed by atoms with van der Waals surface area (Å²) in [6, 6.07) is 24.6. The van der Waals surface area contributed by atoms with E-state index in [-0.39, 0.29) is 17.8 Å². The molecule has 7 heteroatoms. The van der Waals surface area contributed by atoms with E-state index in [2.05, 4.69) is 5.32 Å². The fraction of sp³-hybridized carbons (Fsp3) is 0.115. The Hall–Kier alpha value is -4.39. The van der Waals surface area contributed by atoms with Crippen molar-refractivity contribution in [3.63, 3.8) is 0 Å². The minimum atomic E-state index is -0.305. The number of nitrogens with two attached hydrogens (primary N) is 1. The lowest BCUT2D eigenvalue weighted by atomic mass is 10.1. The third kappa shape index (κ3) is 3.63. The van der Waals surface area contributed by atoms with Crippen LogP contribution >= 0.6 is 0 Å². The summed E-state index contributed by atoms with van der Waals surface area (Å²) < 4.78 is 7.13. The number of rotatable bonds is 5. The summed E-state index contributed by atoms with van der Waals surface area (Å²) in [5.74, 6) is 0.637. The molecule has 0 saturated heterocycles. The molecule has 5 aromatic rings. The summed E-state index contributed by atoms with van der Waals surface area (Å²) in [7, 11) is 1.60. The number of hydrogen-bond acceptors (Lipinski definition) is 5. The molecule has 2 aromatic heterocycles. The number of nitrogens with zero attached hydrogens (tertiary/aromatic N) is 3. The number of nitrogens with one attached hydrogen (secondary N) is 1. The highest BCUT2D eigenvalue weighted by Crippen LogP contribution is 2.32. The van der Waals surface area contributed by atoms with Gasteiger partial charge in [-0.1, -0.05) is 48.5 Å². The molecule has 0 radical (unpaired) electrons. The fourth-order valence-corrected chi connectivity index (χ4v) is 3.99. The smallest absolute Gasteiger partial charge is 0.257 e. The van der Waals surface area contributed by atoms with Crippen LogP contribution in [0.3, 0.4) is 0 Å². The average molecular weight is 438 g/mol. The number of nitrogen functional groups attached to an aromatic ring is 1. The zero-order chi connectivity index (χ0) is 22.9. The number of hydrogen-bond donors (Lipinski definition) is 2. The molecule has 164 valence electrons. The second-order valence-electron chi connectivity index (χ2n) is 7.79. The van der Waals surface area contributed by atoms with Gasteiger partial charge < -0.3 is 15.8 Å². The number of ether oxygens (including phenoxy) is 1. The summed E-state index contributed by atoms with van der Waals surface area (Å²) in [5, 5.41) is 3.06. The van der Waals surface area contributed by atoms with E-state index in [1.165, 1.54) is 0 Å². The molecule has 0 aliphatic rings. The predicted octanol–water partition coefficient (Wildman–Crippen LogP) is 4.66. The molecule has 0 unspecified atom stereocenters. The summed E-state index contributed by atoms with van der Waals surface area (Å²) in [5.41, 5.74) is 11.0. The first-order chi connectivity index (χ1) is 16.1. The second kappa shape index (κ2) is 8.27. The van der Waals surface area contributed by atoms with Crippen molar-refractivity contribution in [2.24, 2.45) is 0 Å². The van der Waals surface area contributed by atoms with Gasteiger partial charge >= 0.3 is 0 Å². The highest BCUT2D eigenvalue weighted by Gasteiger charge is 2.26. The Morgan fingerprint density at radius 2 is 1.67 bits per heavy atom. The van der Waals surface area contributed by atoms with Crippen LogP contribution < -0.4 is 15.8 Å².